The van der Waals surface area contributed by atoms with E-state index in [0.29, 0.717) is 41.2 Å². The third kappa shape index (κ3) is 3.07. The lowest BCUT2D eigenvalue weighted by Gasteiger charge is -2.31. The fourth-order valence-corrected chi connectivity index (χ4v) is 2.73. The summed E-state index contributed by atoms with van der Waals surface area (Å²) in [7, 11) is 3.12. The lowest BCUT2D eigenvalue weighted by molar-refractivity contribution is -0.0124. The largest absolute Gasteiger partial charge is 0.495 e. The molecule has 5 nitrogen and oxygen atoms in total. The maximum atomic E-state index is 12.5. The van der Waals surface area contributed by atoms with E-state index in [0.717, 1.165) is 0 Å². The first-order chi connectivity index (χ1) is 9.56. The molecule has 0 radical (unpaired) electrons. The molecular weight excluding hydrogens is 326 g/mol. The molecule has 0 spiro atoms. The zero-order chi connectivity index (χ0) is 14.7. The maximum Gasteiger partial charge on any atom is 0.254 e. The standard InChI is InChI=1S/C14H18BrNO4/c1-9-8-16(4-5-20-9)14(17)10-6-11(18-2)13(15)12(7-10)19-3/h6-7,9H,4-5,8H2,1-3H3. The van der Waals surface area contributed by atoms with Gasteiger partial charge in [0.05, 0.1) is 26.9 Å². The average Bonchev–Trinajstić information content (AvgIpc) is 2.46. The van der Waals surface area contributed by atoms with Crippen LogP contribution in [0.25, 0.3) is 0 Å². The normalized spacial score (nSPS) is 18.8. The molecule has 1 aromatic carbocycles. The van der Waals surface area contributed by atoms with Crippen molar-refractivity contribution < 1.29 is 19.0 Å². The Morgan fingerprint density at radius 1 is 1.35 bits per heavy atom. The van der Waals surface area contributed by atoms with Gasteiger partial charge in [-0.05, 0) is 35.0 Å². The summed E-state index contributed by atoms with van der Waals surface area (Å²) >= 11 is 3.40. The molecule has 0 saturated carbocycles. The molecular formula is C14H18BrNO4. The Kier molecular flexibility index (Phi) is 4.88. The summed E-state index contributed by atoms with van der Waals surface area (Å²) in [5, 5.41) is 0. The summed E-state index contributed by atoms with van der Waals surface area (Å²) in [6.45, 7) is 3.73. The van der Waals surface area contributed by atoms with Crippen molar-refractivity contribution in [3.05, 3.63) is 22.2 Å². The summed E-state index contributed by atoms with van der Waals surface area (Å²) in [6.07, 6.45) is 0.0620. The minimum absolute atomic E-state index is 0.0377. The Balaban J connectivity index is 2.29. The molecule has 1 aliphatic heterocycles. The van der Waals surface area contributed by atoms with Crippen LogP contribution in [0, 0.1) is 0 Å². The Morgan fingerprint density at radius 2 is 1.95 bits per heavy atom. The second kappa shape index (κ2) is 6.45. The van der Waals surface area contributed by atoms with E-state index in [-0.39, 0.29) is 12.0 Å². The highest BCUT2D eigenvalue weighted by Crippen LogP contribution is 2.36. The van der Waals surface area contributed by atoms with Gasteiger partial charge in [0, 0.05) is 18.7 Å². The lowest BCUT2D eigenvalue weighted by Crippen LogP contribution is -2.44. The quantitative estimate of drug-likeness (QED) is 0.845. The first-order valence-corrected chi connectivity index (χ1v) is 7.18. The summed E-state index contributed by atoms with van der Waals surface area (Å²) < 4.78 is 16.7. The summed E-state index contributed by atoms with van der Waals surface area (Å²) in [5.74, 6) is 1.12. The summed E-state index contributed by atoms with van der Waals surface area (Å²) in [5.41, 5.74) is 0.552. The van der Waals surface area contributed by atoms with Gasteiger partial charge in [-0.15, -0.1) is 0 Å². The van der Waals surface area contributed by atoms with E-state index >= 15 is 0 Å². The molecule has 1 saturated heterocycles. The van der Waals surface area contributed by atoms with Gasteiger partial charge in [-0.3, -0.25) is 4.79 Å². The highest BCUT2D eigenvalue weighted by molar-refractivity contribution is 9.10. The van der Waals surface area contributed by atoms with Gasteiger partial charge in [-0.25, -0.2) is 0 Å². The molecule has 1 heterocycles. The molecule has 0 aliphatic carbocycles. The van der Waals surface area contributed by atoms with Crippen LogP contribution >= 0.6 is 15.9 Å². The fourth-order valence-electron chi connectivity index (χ4n) is 2.18. The first-order valence-electron chi connectivity index (χ1n) is 6.39. The van der Waals surface area contributed by atoms with E-state index < -0.39 is 0 Å². The Labute approximate surface area is 126 Å². The van der Waals surface area contributed by atoms with Gasteiger partial charge in [-0.1, -0.05) is 0 Å². The van der Waals surface area contributed by atoms with Gasteiger partial charge in [-0.2, -0.15) is 0 Å². The molecule has 6 heteroatoms. The lowest BCUT2D eigenvalue weighted by atomic mass is 10.1. The maximum absolute atomic E-state index is 12.5. The van der Waals surface area contributed by atoms with Gasteiger partial charge in [0.1, 0.15) is 16.0 Å². The number of halogens is 1. The molecule has 0 bridgehead atoms. The van der Waals surface area contributed by atoms with Crippen LogP contribution in [-0.4, -0.2) is 50.8 Å². The van der Waals surface area contributed by atoms with Gasteiger partial charge in [0.2, 0.25) is 0 Å². The number of carbonyl (C=O) groups is 1. The predicted molar refractivity (Wildman–Crippen MR) is 78.6 cm³/mol. The Morgan fingerprint density at radius 3 is 2.45 bits per heavy atom. The number of benzene rings is 1. The van der Waals surface area contributed by atoms with Crippen LogP contribution in [0.5, 0.6) is 11.5 Å². The Hall–Kier alpha value is -1.27. The van der Waals surface area contributed by atoms with Crippen molar-refractivity contribution >= 4 is 21.8 Å². The number of hydrogen-bond acceptors (Lipinski definition) is 4. The molecule has 110 valence electrons. The number of amides is 1. The van der Waals surface area contributed by atoms with Gasteiger partial charge >= 0.3 is 0 Å². The van der Waals surface area contributed by atoms with E-state index in [9.17, 15) is 4.79 Å². The second-order valence-corrected chi connectivity index (χ2v) is 5.42. The molecule has 1 aromatic rings. The van der Waals surface area contributed by atoms with Crippen LogP contribution in [0.4, 0.5) is 0 Å². The van der Waals surface area contributed by atoms with E-state index in [2.05, 4.69) is 15.9 Å². The van der Waals surface area contributed by atoms with Gasteiger partial charge in [0.15, 0.2) is 0 Å². The van der Waals surface area contributed by atoms with Gasteiger partial charge in [0.25, 0.3) is 5.91 Å². The second-order valence-electron chi connectivity index (χ2n) is 4.63. The minimum Gasteiger partial charge on any atom is -0.495 e. The van der Waals surface area contributed by atoms with E-state index in [1.807, 2.05) is 6.92 Å². The van der Waals surface area contributed by atoms with Crippen molar-refractivity contribution in [1.29, 1.82) is 0 Å². The fraction of sp³-hybridized carbons (Fsp3) is 0.500. The number of carbonyl (C=O) groups excluding carboxylic acids is 1. The van der Waals surface area contributed by atoms with Crippen molar-refractivity contribution in [3.63, 3.8) is 0 Å². The monoisotopic (exact) mass is 343 g/mol. The minimum atomic E-state index is -0.0377. The molecule has 1 unspecified atom stereocenters. The van der Waals surface area contributed by atoms with E-state index in [4.69, 9.17) is 14.2 Å². The first kappa shape index (κ1) is 15.1. The van der Waals surface area contributed by atoms with Crippen molar-refractivity contribution in [2.45, 2.75) is 13.0 Å². The molecule has 1 aliphatic rings. The van der Waals surface area contributed by atoms with E-state index in [1.54, 1.807) is 31.3 Å². The zero-order valence-electron chi connectivity index (χ0n) is 11.8. The predicted octanol–water partition coefficient (Wildman–Crippen LogP) is 2.33. The number of methoxy groups -OCH3 is 2. The molecule has 0 aromatic heterocycles. The average molecular weight is 344 g/mol. The Bertz CT molecular complexity index is 481. The molecule has 1 atom stereocenters. The van der Waals surface area contributed by atoms with Crippen LogP contribution < -0.4 is 9.47 Å². The molecule has 2 rings (SSSR count). The number of morpholine rings is 1. The third-order valence-electron chi connectivity index (χ3n) is 3.22. The topological polar surface area (TPSA) is 48.0 Å². The van der Waals surface area contributed by atoms with Crippen molar-refractivity contribution in [2.24, 2.45) is 0 Å². The van der Waals surface area contributed by atoms with Crippen LogP contribution in [-0.2, 0) is 4.74 Å². The highest BCUT2D eigenvalue weighted by Gasteiger charge is 2.24. The number of hydrogen-bond donors (Lipinski definition) is 0. The molecule has 20 heavy (non-hydrogen) atoms. The van der Waals surface area contributed by atoms with E-state index in [1.165, 1.54) is 0 Å². The van der Waals surface area contributed by atoms with Gasteiger partial charge < -0.3 is 19.1 Å². The highest BCUT2D eigenvalue weighted by atomic mass is 79.9. The smallest absolute Gasteiger partial charge is 0.254 e. The summed E-state index contributed by atoms with van der Waals surface area (Å²) in [4.78, 5) is 14.3. The SMILES string of the molecule is COc1cc(C(=O)N2CCOC(C)C2)cc(OC)c1Br. The van der Waals surface area contributed by atoms with Crippen LogP contribution in [0.3, 0.4) is 0 Å². The van der Waals surface area contributed by atoms with Crippen LogP contribution in [0.2, 0.25) is 0 Å². The molecule has 1 amide bonds. The zero-order valence-corrected chi connectivity index (χ0v) is 13.4. The molecule has 0 N–H and O–H groups in total. The summed E-state index contributed by atoms with van der Waals surface area (Å²) in [6, 6.07) is 3.43. The molecule has 1 fully saturated rings. The number of nitrogens with zero attached hydrogens (tertiary/aromatic N) is 1. The number of ether oxygens (including phenoxy) is 3. The van der Waals surface area contributed by atoms with Crippen molar-refractivity contribution in [3.8, 4) is 11.5 Å². The third-order valence-corrected chi connectivity index (χ3v) is 4.00. The van der Waals surface area contributed by atoms with Crippen LogP contribution in [0.1, 0.15) is 17.3 Å². The van der Waals surface area contributed by atoms with Crippen molar-refractivity contribution in [2.75, 3.05) is 33.9 Å². The van der Waals surface area contributed by atoms with Crippen LogP contribution in [0.15, 0.2) is 16.6 Å². The van der Waals surface area contributed by atoms with Crippen molar-refractivity contribution in [1.82, 2.24) is 4.90 Å². The number of rotatable bonds is 3.